The van der Waals surface area contributed by atoms with Crippen LogP contribution in [0.1, 0.15) is 76.0 Å². The number of nitrogens with zero attached hydrogens (tertiary/aromatic N) is 3. The number of rotatable bonds is 6. The lowest BCUT2D eigenvalue weighted by molar-refractivity contribution is -0.145. The zero-order valence-corrected chi connectivity index (χ0v) is 27.0. The van der Waals surface area contributed by atoms with Crippen molar-refractivity contribution in [3.05, 3.63) is 47.0 Å². The molecule has 1 saturated carbocycles. The fourth-order valence-corrected chi connectivity index (χ4v) is 7.39. The number of methoxy groups -OCH3 is 1. The number of thiazole rings is 1. The summed E-state index contributed by atoms with van der Waals surface area (Å²) in [6.07, 6.45) is 7.72. The maximum atomic E-state index is 13.7. The quantitative estimate of drug-likeness (QED) is 0.335. The Balaban J connectivity index is 1.33. The average Bonchev–Trinajstić information content (AvgIpc) is 3.33. The second-order valence-corrected chi connectivity index (χ2v) is 13.5. The molecule has 11 heteroatoms. The first kappa shape index (κ1) is 31.0. The Labute approximate surface area is 266 Å². The molecule has 4 heterocycles. The molecule has 1 aliphatic carbocycles. The molecule has 2 fully saturated rings. The number of amides is 2. The summed E-state index contributed by atoms with van der Waals surface area (Å²) >= 11 is 1.53. The van der Waals surface area contributed by atoms with Crippen LogP contribution < -0.4 is 14.8 Å². The molecule has 4 atom stereocenters. The van der Waals surface area contributed by atoms with Gasteiger partial charge < -0.3 is 24.8 Å². The molecule has 3 aliphatic rings. The normalized spacial score (nSPS) is 25.4. The van der Waals surface area contributed by atoms with E-state index in [1.54, 1.807) is 12.0 Å². The number of carbonyl (C=O) groups excluding carboxylic acids is 2. The highest BCUT2D eigenvalue weighted by molar-refractivity contribution is 7.13. The van der Waals surface area contributed by atoms with Crippen LogP contribution in [-0.2, 0) is 14.4 Å². The van der Waals surface area contributed by atoms with Crippen LogP contribution in [0.4, 0.5) is 0 Å². The number of allylic oxidation sites excluding steroid dienone is 1. The van der Waals surface area contributed by atoms with E-state index in [0.717, 1.165) is 52.9 Å². The third kappa shape index (κ3) is 6.02. The van der Waals surface area contributed by atoms with E-state index in [1.165, 1.54) is 11.3 Å². The number of carboxylic acid groups (broad SMARTS) is 1. The number of nitrogens with one attached hydrogen (secondary N) is 1. The van der Waals surface area contributed by atoms with Crippen molar-refractivity contribution in [2.24, 2.45) is 5.92 Å². The minimum atomic E-state index is -1.33. The van der Waals surface area contributed by atoms with Gasteiger partial charge in [0.05, 0.1) is 24.9 Å². The second kappa shape index (κ2) is 12.4. The van der Waals surface area contributed by atoms with Gasteiger partial charge in [-0.25, -0.2) is 14.8 Å². The average molecular weight is 633 g/mol. The molecule has 6 rings (SSSR count). The molecule has 10 nitrogen and oxygen atoms in total. The van der Waals surface area contributed by atoms with E-state index in [1.807, 2.05) is 42.7 Å². The molecule has 0 bridgehead atoms. The number of benzene rings is 1. The van der Waals surface area contributed by atoms with Gasteiger partial charge in [-0.2, -0.15) is 0 Å². The van der Waals surface area contributed by atoms with Crippen LogP contribution in [0, 0.1) is 12.8 Å². The van der Waals surface area contributed by atoms with Crippen LogP contribution in [0.3, 0.4) is 0 Å². The van der Waals surface area contributed by atoms with E-state index in [9.17, 15) is 19.5 Å². The van der Waals surface area contributed by atoms with Gasteiger partial charge in [0.1, 0.15) is 39.9 Å². The zero-order valence-electron chi connectivity index (χ0n) is 26.2. The summed E-state index contributed by atoms with van der Waals surface area (Å²) in [6.45, 7) is 6.38. The molecule has 3 aromatic rings. The summed E-state index contributed by atoms with van der Waals surface area (Å²) < 4.78 is 12.2. The third-order valence-electron chi connectivity index (χ3n) is 9.25. The van der Waals surface area contributed by atoms with Gasteiger partial charge >= 0.3 is 5.97 Å². The van der Waals surface area contributed by atoms with Gasteiger partial charge in [-0.3, -0.25) is 9.59 Å². The zero-order chi connectivity index (χ0) is 31.9. The van der Waals surface area contributed by atoms with Gasteiger partial charge in [0.2, 0.25) is 11.8 Å². The van der Waals surface area contributed by atoms with Gasteiger partial charge in [-0.05, 0) is 50.7 Å². The van der Waals surface area contributed by atoms with Crippen LogP contribution in [0.15, 0.2) is 35.7 Å². The van der Waals surface area contributed by atoms with Crippen LogP contribution in [0.25, 0.3) is 21.6 Å². The molecule has 1 saturated heterocycles. The summed E-state index contributed by atoms with van der Waals surface area (Å²) in [5, 5.41) is 16.5. The number of hydrogen-bond donors (Lipinski definition) is 2. The van der Waals surface area contributed by atoms with Crippen molar-refractivity contribution in [1.82, 2.24) is 20.2 Å². The van der Waals surface area contributed by atoms with Crippen molar-refractivity contribution < 1.29 is 29.0 Å². The number of carbonyl (C=O) groups is 3. The van der Waals surface area contributed by atoms with Gasteiger partial charge in [0.25, 0.3) is 0 Å². The number of pyridine rings is 1. The molecule has 1 aromatic carbocycles. The first-order chi connectivity index (χ1) is 21.6. The van der Waals surface area contributed by atoms with Crippen molar-refractivity contribution >= 4 is 40.0 Å². The Morgan fingerprint density at radius 1 is 1.18 bits per heavy atom. The molecule has 0 radical (unpaired) electrons. The maximum Gasteiger partial charge on any atom is 0.330 e. The Kier molecular flexibility index (Phi) is 8.56. The summed E-state index contributed by atoms with van der Waals surface area (Å²) in [5.74, 6) is -0.308. The highest BCUT2D eigenvalue weighted by Gasteiger charge is 2.61. The Morgan fingerprint density at radius 3 is 2.73 bits per heavy atom. The highest BCUT2D eigenvalue weighted by Crippen LogP contribution is 2.45. The first-order valence-electron chi connectivity index (χ1n) is 15.7. The first-order valence-corrected chi connectivity index (χ1v) is 16.6. The van der Waals surface area contributed by atoms with Gasteiger partial charge in [0, 0.05) is 41.2 Å². The van der Waals surface area contributed by atoms with Crippen molar-refractivity contribution in [1.29, 1.82) is 0 Å². The minimum absolute atomic E-state index is 0.115. The Bertz CT molecular complexity index is 1670. The second-order valence-electron chi connectivity index (χ2n) is 12.7. The van der Waals surface area contributed by atoms with E-state index in [4.69, 9.17) is 19.4 Å². The number of hydrogen-bond acceptors (Lipinski definition) is 8. The SMILES string of the molecule is COc1ccc2c(O[C@@H]3C[C@H]4C(=O)N[C@]5(C(=O)O)C[C@H]5C=CCCCCCC(=O)N4C3)cc(-c3nc(C(C)C)cs3)nc2c1C. The van der Waals surface area contributed by atoms with E-state index in [-0.39, 0.29) is 30.7 Å². The fraction of sp³-hybridized carbons (Fsp3) is 0.500. The highest BCUT2D eigenvalue weighted by atomic mass is 32.1. The van der Waals surface area contributed by atoms with Crippen LogP contribution >= 0.6 is 11.3 Å². The van der Waals surface area contributed by atoms with E-state index >= 15 is 0 Å². The molecule has 2 aromatic heterocycles. The van der Waals surface area contributed by atoms with Crippen LogP contribution in [-0.4, -0.2) is 69.1 Å². The monoisotopic (exact) mass is 632 g/mol. The van der Waals surface area contributed by atoms with Gasteiger partial charge in [-0.15, -0.1) is 11.3 Å². The molecular weight excluding hydrogens is 592 g/mol. The standard InChI is InChI=1S/C34H40N4O6S/c1-19(2)25-18-45-32(36-25)24-15-28(23-12-13-27(43-4)20(3)30(23)35-24)44-22-14-26-31(40)37-34(33(41)42)16-21(34)10-8-6-5-7-9-11-29(39)38(26)17-22/h8,10,12-13,15,18-19,21-22,26H,5-7,9,11,14,16-17H2,1-4H3,(H,37,40)(H,41,42)/t21-,22-,26+,34-/m1/s1. The number of aromatic nitrogens is 2. The van der Waals surface area contributed by atoms with Crippen LogP contribution in [0.2, 0.25) is 0 Å². The van der Waals surface area contributed by atoms with E-state index in [0.29, 0.717) is 30.0 Å². The van der Waals surface area contributed by atoms with E-state index < -0.39 is 29.6 Å². The third-order valence-corrected chi connectivity index (χ3v) is 10.1. The molecule has 45 heavy (non-hydrogen) atoms. The lowest BCUT2D eigenvalue weighted by Crippen LogP contribution is -2.53. The summed E-state index contributed by atoms with van der Waals surface area (Å²) in [6, 6.07) is 4.85. The lowest BCUT2D eigenvalue weighted by atomic mass is 10.1. The fourth-order valence-electron chi connectivity index (χ4n) is 6.45. The van der Waals surface area contributed by atoms with Crippen molar-refractivity contribution in [2.75, 3.05) is 13.7 Å². The molecule has 2 N–H and O–H groups in total. The molecule has 2 aliphatic heterocycles. The minimum Gasteiger partial charge on any atom is -0.496 e. The Hall–Kier alpha value is -3.99. The predicted octanol–water partition coefficient (Wildman–Crippen LogP) is 5.63. The predicted molar refractivity (Wildman–Crippen MR) is 172 cm³/mol. The number of fused-ring (bicyclic) bond motifs is 3. The summed E-state index contributed by atoms with van der Waals surface area (Å²) in [7, 11) is 1.62. The number of aliphatic carboxylic acids is 1. The molecule has 2 amide bonds. The molecule has 0 unspecified atom stereocenters. The van der Waals surface area contributed by atoms with Crippen molar-refractivity contribution in [3.63, 3.8) is 0 Å². The number of carboxylic acids is 1. The van der Waals surface area contributed by atoms with Gasteiger partial charge in [0.15, 0.2) is 0 Å². The topological polar surface area (TPSA) is 131 Å². The molecular formula is C34H40N4O6S. The summed E-state index contributed by atoms with van der Waals surface area (Å²) in [5.41, 5.74) is 1.93. The lowest BCUT2D eigenvalue weighted by Gasteiger charge is -2.25. The van der Waals surface area contributed by atoms with Crippen LogP contribution in [0.5, 0.6) is 11.5 Å². The van der Waals surface area contributed by atoms with Crippen molar-refractivity contribution in [3.8, 4) is 22.2 Å². The molecule has 238 valence electrons. The number of ether oxygens (including phenoxy) is 2. The largest absolute Gasteiger partial charge is 0.496 e. The summed E-state index contributed by atoms with van der Waals surface area (Å²) in [4.78, 5) is 50.8. The maximum absolute atomic E-state index is 13.7. The Morgan fingerprint density at radius 2 is 2.00 bits per heavy atom. The smallest absolute Gasteiger partial charge is 0.330 e. The van der Waals surface area contributed by atoms with Gasteiger partial charge in [-0.1, -0.05) is 32.4 Å². The molecule has 0 spiro atoms. The van der Waals surface area contributed by atoms with Crippen molar-refractivity contribution in [2.45, 2.75) is 89.3 Å². The number of aryl methyl sites for hydroxylation is 1. The van der Waals surface area contributed by atoms with E-state index in [2.05, 4.69) is 19.2 Å².